The molecule has 2 heterocycles. The van der Waals surface area contributed by atoms with E-state index in [-0.39, 0.29) is 0 Å². The molecule has 0 amide bonds. The minimum atomic E-state index is 0.948. The minimum Gasteiger partial charge on any atom is -0.255 e. The normalized spacial score (nSPS) is 11.5. The Hall–Kier alpha value is -2.30. The molecule has 0 spiro atoms. The second-order valence-electron chi connectivity index (χ2n) is 5.76. The first-order chi connectivity index (χ1) is 12.9. The van der Waals surface area contributed by atoms with Crippen LogP contribution in [0.1, 0.15) is 0 Å². The monoisotopic (exact) mass is 374 g/mol. The van der Waals surface area contributed by atoms with E-state index in [0.29, 0.717) is 0 Å². The van der Waals surface area contributed by atoms with Gasteiger partial charge in [0.25, 0.3) is 0 Å². The number of fused-ring (bicyclic) bond motifs is 2. The fourth-order valence-corrected chi connectivity index (χ4v) is 4.59. The summed E-state index contributed by atoms with van der Waals surface area (Å²) >= 11 is 3.66. The number of hydrogen-bond acceptors (Lipinski definition) is 4. The van der Waals surface area contributed by atoms with Crippen molar-refractivity contribution < 1.29 is 0 Å². The topological polar surface area (TPSA) is 25.8 Å². The summed E-state index contributed by atoms with van der Waals surface area (Å²) in [5.41, 5.74) is 2.18. The first-order valence-corrected chi connectivity index (χ1v) is 10.5. The van der Waals surface area contributed by atoms with Gasteiger partial charge in [-0.25, -0.2) is 0 Å². The predicted octanol–water partition coefficient (Wildman–Crippen LogP) is 6.22. The Bertz CT molecular complexity index is 964. The van der Waals surface area contributed by atoms with E-state index < -0.39 is 0 Å². The molecule has 0 saturated heterocycles. The number of hydrogen-bond donors (Lipinski definition) is 0. The SMILES string of the molecule is C(=C\CSc1cccc2cccnc12)/CSc1cccc2cccnc12. The number of thioether (sulfide) groups is 2. The molecule has 128 valence electrons. The highest BCUT2D eigenvalue weighted by Gasteiger charge is 2.02. The lowest BCUT2D eigenvalue weighted by molar-refractivity contribution is 1.35. The van der Waals surface area contributed by atoms with E-state index in [2.05, 4.69) is 70.7 Å². The summed E-state index contributed by atoms with van der Waals surface area (Å²) < 4.78 is 0. The van der Waals surface area contributed by atoms with E-state index in [1.165, 1.54) is 20.6 Å². The molecule has 4 heteroatoms. The lowest BCUT2D eigenvalue weighted by Crippen LogP contribution is -1.83. The van der Waals surface area contributed by atoms with Crippen LogP contribution in [0.15, 0.2) is 95.0 Å². The second kappa shape index (κ2) is 8.39. The Labute approximate surface area is 161 Å². The smallest absolute Gasteiger partial charge is 0.0837 e. The minimum absolute atomic E-state index is 0.948. The standard InChI is InChI=1S/C22H18N2S2/c1(15-25-19-11-3-7-17-9-5-13-23-21(17)19)2-16-26-20-12-4-8-18-10-6-14-24-22(18)20/h1-14H,15-16H2/b2-1+. The van der Waals surface area contributed by atoms with Gasteiger partial charge >= 0.3 is 0 Å². The van der Waals surface area contributed by atoms with Crippen LogP contribution in [-0.4, -0.2) is 21.5 Å². The first-order valence-electron chi connectivity index (χ1n) is 8.50. The molecule has 4 rings (SSSR count). The average molecular weight is 375 g/mol. The maximum absolute atomic E-state index is 4.51. The van der Waals surface area contributed by atoms with Gasteiger partial charge in [0.2, 0.25) is 0 Å². The lowest BCUT2D eigenvalue weighted by Gasteiger charge is -2.04. The van der Waals surface area contributed by atoms with Crippen molar-refractivity contribution in [3.05, 3.63) is 85.2 Å². The van der Waals surface area contributed by atoms with Gasteiger partial charge < -0.3 is 0 Å². The van der Waals surface area contributed by atoms with Crippen LogP contribution in [0.5, 0.6) is 0 Å². The van der Waals surface area contributed by atoms with Gasteiger partial charge in [-0.05, 0) is 24.3 Å². The highest BCUT2D eigenvalue weighted by atomic mass is 32.2. The van der Waals surface area contributed by atoms with Gasteiger partial charge in [-0.15, -0.1) is 23.5 Å². The number of benzene rings is 2. The molecule has 2 aromatic carbocycles. The third kappa shape index (κ3) is 3.92. The van der Waals surface area contributed by atoms with Crippen molar-refractivity contribution in [1.29, 1.82) is 0 Å². The van der Waals surface area contributed by atoms with Crippen LogP contribution < -0.4 is 0 Å². The van der Waals surface area contributed by atoms with E-state index >= 15 is 0 Å². The van der Waals surface area contributed by atoms with Crippen LogP contribution in [0.4, 0.5) is 0 Å². The van der Waals surface area contributed by atoms with Crippen LogP contribution in [0, 0.1) is 0 Å². The summed E-state index contributed by atoms with van der Waals surface area (Å²) in [4.78, 5) is 11.5. The summed E-state index contributed by atoms with van der Waals surface area (Å²) in [6, 6.07) is 20.9. The molecule has 0 saturated carbocycles. The average Bonchev–Trinajstić information content (AvgIpc) is 2.71. The Morgan fingerprint density at radius 1 is 0.615 bits per heavy atom. The molecule has 2 aromatic heterocycles. The van der Waals surface area contributed by atoms with Gasteiger partial charge in [-0.1, -0.05) is 48.6 Å². The number of para-hydroxylation sites is 2. The van der Waals surface area contributed by atoms with Gasteiger partial charge in [0.05, 0.1) is 11.0 Å². The first kappa shape index (κ1) is 17.1. The fraction of sp³-hybridized carbons (Fsp3) is 0.0909. The Kier molecular flexibility index (Phi) is 5.53. The van der Waals surface area contributed by atoms with Crippen molar-refractivity contribution in [3.8, 4) is 0 Å². The molecule has 0 radical (unpaired) electrons. The highest BCUT2D eigenvalue weighted by Crippen LogP contribution is 2.27. The van der Waals surface area contributed by atoms with Crippen molar-refractivity contribution >= 4 is 45.3 Å². The van der Waals surface area contributed by atoms with E-state index in [4.69, 9.17) is 0 Å². The fourth-order valence-electron chi connectivity index (χ4n) is 2.80. The number of pyridine rings is 2. The van der Waals surface area contributed by atoms with E-state index in [1.807, 2.05) is 48.1 Å². The molecule has 0 aliphatic heterocycles. The summed E-state index contributed by atoms with van der Waals surface area (Å²) in [6.07, 6.45) is 8.18. The molecular weight excluding hydrogens is 356 g/mol. The zero-order valence-corrected chi connectivity index (χ0v) is 15.8. The van der Waals surface area contributed by atoms with Crippen molar-refractivity contribution in [2.24, 2.45) is 0 Å². The maximum Gasteiger partial charge on any atom is 0.0837 e. The van der Waals surface area contributed by atoms with Crippen LogP contribution in [0.3, 0.4) is 0 Å². The van der Waals surface area contributed by atoms with Crippen LogP contribution in [-0.2, 0) is 0 Å². The van der Waals surface area contributed by atoms with Crippen molar-refractivity contribution in [3.63, 3.8) is 0 Å². The van der Waals surface area contributed by atoms with Crippen LogP contribution in [0.2, 0.25) is 0 Å². The van der Waals surface area contributed by atoms with Gasteiger partial charge in [-0.2, -0.15) is 0 Å². The quantitative estimate of drug-likeness (QED) is 0.295. The molecule has 0 aliphatic rings. The predicted molar refractivity (Wildman–Crippen MR) is 114 cm³/mol. The molecule has 0 unspecified atom stereocenters. The molecule has 4 aromatic rings. The van der Waals surface area contributed by atoms with E-state index in [0.717, 1.165) is 22.5 Å². The van der Waals surface area contributed by atoms with Gasteiger partial charge in [0, 0.05) is 44.5 Å². The molecule has 0 fully saturated rings. The van der Waals surface area contributed by atoms with Crippen molar-refractivity contribution in [2.45, 2.75) is 9.79 Å². The number of nitrogens with zero attached hydrogens (tertiary/aromatic N) is 2. The molecule has 26 heavy (non-hydrogen) atoms. The zero-order chi connectivity index (χ0) is 17.6. The van der Waals surface area contributed by atoms with Gasteiger partial charge in [-0.3, -0.25) is 9.97 Å². The largest absolute Gasteiger partial charge is 0.255 e. The van der Waals surface area contributed by atoms with E-state index in [1.54, 1.807) is 0 Å². The molecule has 0 atom stereocenters. The van der Waals surface area contributed by atoms with Gasteiger partial charge in [0.15, 0.2) is 0 Å². The molecule has 0 bridgehead atoms. The highest BCUT2D eigenvalue weighted by molar-refractivity contribution is 8.00. The van der Waals surface area contributed by atoms with Crippen LogP contribution >= 0.6 is 23.5 Å². The Balaban J connectivity index is 1.34. The number of aromatic nitrogens is 2. The van der Waals surface area contributed by atoms with Crippen LogP contribution in [0.25, 0.3) is 21.8 Å². The zero-order valence-electron chi connectivity index (χ0n) is 14.2. The maximum atomic E-state index is 4.51. The van der Waals surface area contributed by atoms with E-state index in [9.17, 15) is 0 Å². The summed E-state index contributed by atoms with van der Waals surface area (Å²) in [7, 11) is 0. The van der Waals surface area contributed by atoms with Gasteiger partial charge in [0.1, 0.15) is 0 Å². The summed E-state index contributed by atoms with van der Waals surface area (Å²) in [5.74, 6) is 1.90. The third-order valence-corrected chi connectivity index (χ3v) is 6.03. The second-order valence-corrected chi connectivity index (χ2v) is 7.88. The third-order valence-electron chi connectivity index (χ3n) is 4.03. The molecule has 2 nitrogen and oxygen atoms in total. The molecular formula is C22H18N2S2. The molecule has 0 N–H and O–H groups in total. The summed E-state index contributed by atoms with van der Waals surface area (Å²) in [5, 5.41) is 2.39. The lowest BCUT2D eigenvalue weighted by atomic mass is 10.2. The Morgan fingerprint density at radius 2 is 1.08 bits per heavy atom. The number of rotatable bonds is 6. The Morgan fingerprint density at radius 3 is 1.58 bits per heavy atom. The van der Waals surface area contributed by atoms with Crippen molar-refractivity contribution in [2.75, 3.05) is 11.5 Å². The van der Waals surface area contributed by atoms with Crippen molar-refractivity contribution in [1.82, 2.24) is 9.97 Å². The molecule has 0 aliphatic carbocycles. The summed E-state index contributed by atoms with van der Waals surface area (Å²) in [6.45, 7) is 0.